The number of piperidine rings is 1. The number of hydrogen-bond acceptors (Lipinski definition) is 6. The second kappa shape index (κ2) is 11.1. The smallest absolute Gasteiger partial charge is 0.245 e. The van der Waals surface area contributed by atoms with Gasteiger partial charge in [0, 0.05) is 69.9 Å². The van der Waals surface area contributed by atoms with Gasteiger partial charge in [0.2, 0.25) is 15.9 Å². The zero-order chi connectivity index (χ0) is 25.8. The van der Waals surface area contributed by atoms with Crippen LogP contribution in [0, 0.1) is 11.7 Å². The van der Waals surface area contributed by atoms with Crippen LogP contribution in [0.1, 0.15) is 12.8 Å². The number of carbonyl (C=O) groups is 1. The van der Waals surface area contributed by atoms with Crippen LogP contribution in [0.5, 0.6) is 0 Å². The summed E-state index contributed by atoms with van der Waals surface area (Å²) in [4.78, 5) is 21.6. The lowest BCUT2D eigenvalue weighted by Gasteiger charge is -2.36. The zero-order valence-electron chi connectivity index (χ0n) is 20.7. The number of amides is 1. The highest BCUT2D eigenvalue weighted by Crippen LogP contribution is 2.28. The van der Waals surface area contributed by atoms with Crippen molar-refractivity contribution < 1.29 is 17.6 Å². The minimum absolute atomic E-state index is 0.0196. The molecule has 1 N–H and O–H groups in total. The number of anilines is 1. The number of aromatic nitrogens is 1. The van der Waals surface area contributed by atoms with Crippen molar-refractivity contribution in [3.63, 3.8) is 0 Å². The quantitative estimate of drug-likeness (QED) is 0.511. The van der Waals surface area contributed by atoms with E-state index in [1.807, 2.05) is 18.2 Å². The van der Waals surface area contributed by atoms with Gasteiger partial charge in [0.05, 0.1) is 11.2 Å². The number of rotatable bonds is 7. The number of benzene rings is 2. The number of carbonyl (C=O) groups excluding carboxylic acids is 1. The van der Waals surface area contributed by atoms with Crippen LogP contribution in [0.15, 0.2) is 65.7 Å². The van der Waals surface area contributed by atoms with Gasteiger partial charge in [-0.25, -0.2) is 12.8 Å². The van der Waals surface area contributed by atoms with E-state index < -0.39 is 10.0 Å². The molecule has 1 amide bonds. The van der Waals surface area contributed by atoms with E-state index in [1.54, 1.807) is 36.5 Å². The molecule has 8 nitrogen and oxygen atoms in total. The van der Waals surface area contributed by atoms with Gasteiger partial charge in [-0.15, -0.1) is 0 Å². The molecule has 2 aliphatic rings. The lowest BCUT2D eigenvalue weighted by atomic mass is 9.97. The third-order valence-corrected chi connectivity index (χ3v) is 9.26. The summed E-state index contributed by atoms with van der Waals surface area (Å²) in [7, 11) is -3.69. The first kappa shape index (κ1) is 25.6. The predicted octanol–water partition coefficient (Wildman–Crippen LogP) is 2.71. The van der Waals surface area contributed by atoms with E-state index in [2.05, 4.69) is 20.1 Å². The Morgan fingerprint density at radius 3 is 2.43 bits per heavy atom. The summed E-state index contributed by atoms with van der Waals surface area (Å²) in [6, 6.07) is 15.6. The Morgan fingerprint density at radius 2 is 1.68 bits per heavy atom. The molecule has 0 radical (unpaired) electrons. The number of piperazine rings is 1. The highest BCUT2D eigenvalue weighted by atomic mass is 32.2. The largest absolute Gasteiger partial charge is 0.367 e. The number of sulfonamides is 1. The normalized spacial score (nSPS) is 18.2. The summed E-state index contributed by atoms with van der Waals surface area (Å²) in [6.45, 7) is 5.00. The van der Waals surface area contributed by atoms with Crippen molar-refractivity contribution in [1.29, 1.82) is 0 Å². The molecular weight excluding hydrogens is 493 g/mol. The number of para-hydroxylation sites is 2. The minimum Gasteiger partial charge on any atom is -0.367 e. The maximum absolute atomic E-state index is 14.0. The van der Waals surface area contributed by atoms with E-state index in [9.17, 15) is 17.6 Å². The highest BCUT2D eigenvalue weighted by Gasteiger charge is 2.33. The molecule has 0 atom stereocenters. The van der Waals surface area contributed by atoms with Crippen molar-refractivity contribution in [1.82, 2.24) is 19.5 Å². The van der Waals surface area contributed by atoms with Gasteiger partial charge in [0.25, 0.3) is 0 Å². The monoisotopic (exact) mass is 525 g/mol. The van der Waals surface area contributed by atoms with Gasteiger partial charge in [-0.3, -0.25) is 14.7 Å². The van der Waals surface area contributed by atoms with Crippen molar-refractivity contribution in [2.75, 3.05) is 57.3 Å². The molecule has 10 heteroatoms. The Morgan fingerprint density at radius 1 is 0.946 bits per heavy atom. The standard InChI is InChI=1S/C27H32FN5O3S/c28-23-7-1-2-8-24(23)32-19-17-31(18-20-32)16-13-30-27(34)22-10-14-33(15-11-22)37(35,36)25-9-3-5-21-6-4-12-29-26(21)25/h1-9,12,22H,10-11,13-20H2,(H,30,34). The first-order valence-corrected chi connectivity index (χ1v) is 14.2. The van der Waals surface area contributed by atoms with E-state index in [1.165, 1.54) is 10.4 Å². The first-order chi connectivity index (χ1) is 17.9. The van der Waals surface area contributed by atoms with Crippen LogP contribution in [-0.4, -0.2) is 80.9 Å². The fourth-order valence-electron chi connectivity index (χ4n) is 5.18. The van der Waals surface area contributed by atoms with Crippen molar-refractivity contribution in [3.8, 4) is 0 Å². The number of hydrogen-bond donors (Lipinski definition) is 1. The lowest BCUT2D eigenvalue weighted by molar-refractivity contribution is -0.126. The zero-order valence-corrected chi connectivity index (χ0v) is 21.5. The molecule has 0 unspecified atom stereocenters. The number of nitrogens with zero attached hydrogens (tertiary/aromatic N) is 4. The Kier molecular flexibility index (Phi) is 7.68. The summed E-state index contributed by atoms with van der Waals surface area (Å²) in [6.07, 6.45) is 2.58. The molecular formula is C27H32FN5O3S. The topological polar surface area (TPSA) is 85.9 Å². The van der Waals surface area contributed by atoms with E-state index >= 15 is 0 Å². The Balaban J connectivity index is 1.07. The molecule has 0 aliphatic carbocycles. The van der Waals surface area contributed by atoms with Crippen LogP contribution < -0.4 is 10.2 Å². The molecule has 2 aromatic carbocycles. The van der Waals surface area contributed by atoms with Crippen LogP contribution in [-0.2, 0) is 14.8 Å². The van der Waals surface area contributed by atoms with Crippen LogP contribution in [0.25, 0.3) is 10.9 Å². The average molecular weight is 526 g/mol. The summed E-state index contributed by atoms with van der Waals surface area (Å²) in [5, 5.41) is 3.81. The second-order valence-electron chi connectivity index (χ2n) is 9.58. The fourth-order valence-corrected chi connectivity index (χ4v) is 6.82. The third-order valence-electron chi connectivity index (χ3n) is 7.33. The molecule has 3 heterocycles. The molecule has 0 spiro atoms. The molecule has 5 rings (SSSR count). The van der Waals surface area contributed by atoms with E-state index in [0.717, 1.165) is 38.1 Å². The molecule has 3 aromatic rings. The van der Waals surface area contributed by atoms with Crippen molar-refractivity contribution >= 4 is 32.5 Å². The Labute approximate surface area is 217 Å². The summed E-state index contributed by atoms with van der Waals surface area (Å²) in [5.74, 6) is -0.417. The van der Waals surface area contributed by atoms with Gasteiger partial charge in [-0.1, -0.05) is 30.3 Å². The number of fused-ring (bicyclic) bond motifs is 1. The fraction of sp³-hybridized carbons (Fsp3) is 0.407. The van der Waals surface area contributed by atoms with Gasteiger partial charge in [-0.05, 0) is 37.1 Å². The molecule has 1 aromatic heterocycles. The number of pyridine rings is 1. The molecule has 0 bridgehead atoms. The molecule has 37 heavy (non-hydrogen) atoms. The minimum atomic E-state index is -3.69. The van der Waals surface area contributed by atoms with E-state index in [0.29, 0.717) is 43.7 Å². The Hall–Kier alpha value is -3.08. The molecule has 2 fully saturated rings. The van der Waals surface area contributed by atoms with Gasteiger partial charge in [0.15, 0.2) is 0 Å². The summed E-state index contributed by atoms with van der Waals surface area (Å²) in [5.41, 5.74) is 1.11. The summed E-state index contributed by atoms with van der Waals surface area (Å²) < 4.78 is 42.1. The lowest BCUT2D eigenvalue weighted by Crippen LogP contribution is -2.49. The molecule has 0 saturated carbocycles. The third kappa shape index (κ3) is 5.61. The Bertz CT molecular complexity index is 1350. The number of nitrogens with one attached hydrogen (secondary N) is 1. The summed E-state index contributed by atoms with van der Waals surface area (Å²) >= 11 is 0. The van der Waals surface area contributed by atoms with Gasteiger partial charge in [0.1, 0.15) is 10.7 Å². The van der Waals surface area contributed by atoms with Crippen LogP contribution in [0.2, 0.25) is 0 Å². The molecule has 2 saturated heterocycles. The number of halogens is 1. The SMILES string of the molecule is O=C(NCCN1CCN(c2ccccc2F)CC1)C1CCN(S(=O)(=O)c2cccc3cccnc23)CC1. The average Bonchev–Trinajstić information content (AvgIpc) is 2.93. The van der Waals surface area contributed by atoms with Crippen LogP contribution >= 0.6 is 0 Å². The predicted molar refractivity (Wildman–Crippen MR) is 141 cm³/mol. The van der Waals surface area contributed by atoms with Crippen molar-refractivity contribution in [2.24, 2.45) is 5.92 Å². The van der Waals surface area contributed by atoms with Crippen molar-refractivity contribution in [3.05, 3.63) is 66.6 Å². The van der Waals surface area contributed by atoms with Crippen LogP contribution in [0.3, 0.4) is 0 Å². The van der Waals surface area contributed by atoms with Crippen LogP contribution in [0.4, 0.5) is 10.1 Å². The van der Waals surface area contributed by atoms with E-state index in [-0.39, 0.29) is 22.5 Å². The maximum atomic E-state index is 14.0. The van der Waals surface area contributed by atoms with Gasteiger partial charge in [-0.2, -0.15) is 4.31 Å². The maximum Gasteiger partial charge on any atom is 0.245 e. The van der Waals surface area contributed by atoms with Gasteiger partial charge >= 0.3 is 0 Å². The first-order valence-electron chi connectivity index (χ1n) is 12.8. The van der Waals surface area contributed by atoms with Crippen molar-refractivity contribution in [2.45, 2.75) is 17.7 Å². The molecule has 196 valence electrons. The highest BCUT2D eigenvalue weighted by molar-refractivity contribution is 7.89. The van der Waals surface area contributed by atoms with Gasteiger partial charge < -0.3 is 10.2 Å². The second-order valence-corrected chi connectivity index (χ2v) is 11.5. The van der Waals surface area contributed by atoms with E-state index in [4.69, 9.17) is 0 Å². The molecule has 2 aliphatic heterocycles.